The van der Waals surface area contributed by atoms with Gasteiger partial charge >= 0.3 is 0 Å². The second-order valence-electron chi connectivity index (χ2n) is 2.58. The molecule has 3 heteroatoms. The van der Waals surface area contributed by atoms with E-state index in [0.29, 0.717) is 11.6 Å². The summed E-state index contributed by atoms with van der Waals surface area (Å²) in [6.45, 7) is 0.541. The maximum atomic E-state index is 5.85. The van der Waals surface area contributed by atoms with Crippen molar-refractivity contribution in [3.63, 3.8) is 0 Å². The van der Waals surface area contributed by atoms with E-state index < -0.39 is 0 Å². The first-order valence-electron chi connectivity index (χ1n) is 3.46. The summed E-state index contributed by atoms with van der Waals surface area (Å²) in [6, 6.07) is 5.62. The Balaban J connectivity index is 2.57. The Kier molecular flexibility index (Phi) is 1.51. The van der Waals surface area contributed by atoms with Gasteiger partial charge in [0.2, 0.25) is 0 Å². The van der Waals surface area contributed by atoms with E-state index in [9.17, 15) is 0 Å². The van der Waals surface area contributed by atoms with Crippen molar-refractivity contribution >= 4 is 11.6 Å². The number of halogens is 1. The molecule has 1 heterocycles. The fraction of sp³-hybridized carbons (Fsp3) is 0.250. The minimum atomic E-state index is -0.0105. The second-order valence-corrected chi connectivity index (χ2v) is 2.98. The lowest BCUT2D eigenvalue weighted by Gasteiger charge is -2.00. The smallest absolute Gasteiger partial charge is 0.142 e. The summed E-state index contributed by atoms with van der Waals surface area (Å²) in [5.41, 5.74) is 6.74. The minimum absolute atomic E-state index is 0.0105. The van der Waals surface area contributed by atoms with E-state index >= 15 is 0 Å². The molecule has 2 rings (SSSR count). The molecule has 0 bridgehead atoms. The zero-order valence-electron chi connectivity index (χ0n) is 5.88. The molecule has 0 saturated heterocycles. The van der Waals surface area contributed by atoms with E-state index in [1.165, 1.54) is 0 Å². The van der Waals surface area contributed by atoms with Crippen LogP contribution in [0.1, 0.15) is 11.6 Å². The Morgan fingerprint density at radius 1 is 1.55 bits per heavy atom. The van der Waals surface area contributed by atoms with Gasteiger partial charge in [0.05, 0.1) is 11.1 Å². The molecule has 0 aliphatic carbocycles. The van der Waals surface area contributed by atoms with Crippen LogP contribution in [0.3, 0.4) is 0 Å². The molecular formula is C8H8ClNO. The van der Waals surface area contributed by atoms with Crippen LogP contribution in [0, 0.1) is 0 Å². The third-order valence-corrected chi connectivity index (χ3v) is 2.10. The molecule has 0 saturated carbocycles. The third-order valence-electron chi connectivity index (χ3n) is 1.80. The highest BCUT2D eigenvalue weighted by Crippen LogP contribution is 2.36. The van der Waals surface area contributed by atoms with E-state index in [1.54, 1.807) is 6.07 Å². The van der Waals surface area contributed by atoms with Crippen LogP contribution in [0.25, 0.3) is 0 Å². The topological polar surface area (TPSA) is 35.2 Å². The Hall–Kier alpha value is -0.730. The second kappa shape index (κ2) is 2.40. The van der Waals surface area contributed by atoms with Crippen molar-refractivity contribution < 1.29 is 4.74 Å². The van der Waals surface area contributed by atoms with E-state index in [4.69, 9.17) is 22.1 Å². The van der Waals surface area contributed by atoms with Crippen molar-refractivity contribution in [1.82, 2.24) is 0 Å². The van der Waals surface area contributed by atoms with Gasteiger partial charge in [-0.1, -0.05) is 23.7 Å². The number of para-hydroxylation sites is 1. The van der Waals surface area contributed by atoms with Crippen LogP contribution >= 0.6 is 11.6 Å². The van der Waals surface area contributed by atoms with Gasteiger partial charge in [0.15, 0.2) is 0 Å². The summed E-state index contributed by atoms with van der Waals surface area (Å²) in [5.74, 6) is 0.752. The molecule has 1 aliphatic rings. The molecule has 0 fully saturated rings. The zero-order valence-corrected chi connectivity index (χ0v) is 6.64. The van der Waals surface area contributed by atoms with Gasteiger partial charge in [0.1, 0.15) is 12.4 Å². The molecule has 1 atom stereocenters. The molecule has 0 aromatic heterocycles. The first-order chi connectivity index (χ1) is 5.29. The van der Waals surface area contributed by atoms with Gasteiger partial charge in [0, 0.05) is 5.56 Å². The number of ether oxygens (including phenoxy) is 1. The summed E-state index contributed by atoms with van der Waals surface area (Å²) >= 11 is 5.85. The minimum Gasteiger partial charge on any atom is -0.490 e. The summed E-state index contributed by atoms with van der Waals surface area (Å²) in [6.07, 6.45) is 0. The number of nitrogens with two attached hydrogens (primary N) is 1. The van der Waals surface area contributed by atoms with Crippen LogP contribution in [0.4, 0.5) is 0 Å². The molecule has 1 aromatic rings. The van der Waals surface area contributed by atoms with Crippen molar-refractivity contribution in [2.75, 3.05) is 6.61 Å². The quantitative estimate of drug-likeness (QED) is 0.642. The number of benzene rings is 1. The van der Waals surface area contributed by atoms with E-state index in [0.717, 1.165) is 11.3 Å². The van der Waals surface area contributed by atoms with Gasteiger partial charge in [-0.3, -0.25) is 0 Å². The van der Waals surface area contributed by atoms with Gasteiger partial charge in [0.25, 0.3) is 0 Å². The number of fused-ring (bicyclic) bond motifs is 1. The molecule has 1 aliphatic heterocycles. The zero-order chi connectivity index (χ0) is 7.84. The van der Waals surface area contributed by atoms with E-state index in [2.05, 4.69) is 0 Å². The summed E-state index contributed by atoms with van der Waals surface area (Å²) in [5, 5.41) is 0.649. The van der Waals surface area contributed by atoms with Gasteiger partial charge in [-0.2, -0.15) is 0 Å². The summed E-state index contributed by atoms with van der Waals surface area (Å²) in [7, 11) is 0. The fourth-order valence-electron chi connectivity index (χ4n) is 1.23. The highest BCUT2D eigenvalue weighted by atomic mass is 35.5. The average molecular weight is 170 g/mol. The molecular weight excluding hydrogens is 162 g/mol. The molecule has 0 spiro atoms. The molecule has 1 aromatic carbocycles. The molecule has 0 unspecified atom stereocenters. The summed E-state index contributed by atoms with van der Waals surface area (Å²) < 4.78 is 5.28. The fourth-order valence-corrected chi connectivity index (χ4v) is 1.47. The monoisotopic (exact) mass is 169 g/mol. The first kappa shape index (κ1) is 6.95. The maximum absolute atomic E-state index is 5.85. The molecule has 2 N–H and O–H groups in total. The first-order valence-corrected chi connectivity index (χ1v) is 3.83. The van der Waals surface area contributed by atoms with Gasteiger partial charge < -0.3 is 10.5 Å². The predicted molar refractivity (Wildman–Crippen MR) is 43.9 cm³/mol. The number of rotatable bonds is 0. The van der Waals surface area contributed by atoms with E-state index in [1.807, 2.05) is 12.1 Å². The lowest BCUT2D eigenvalue weighted by molar-refractivity contribution is 0.333. The van der Waals surface area contributed by atoms with Crippen LogP contribution in [0.15, 0.2) is 18.2 Å². The van der Waals surface area contributed by atoms with Crippen LogP contribution in [-0.4, -0.2) is 6.61 Å². The van der Waals surface area contributed by atoms with Crippen molar-refractivity contribution in [1.29, 1.82) is 0 Å². The van der Waals surface area contributed by atoms with Gasteiger partial charge in [-0.15, -0.1) is 0 Å². The lowest BCUT2D eigenvalue weighted by Crippen LogP contribution is -2.10. The normalized spacial score (nSPS) is 21.1. The highest BCUT2D eigenvalue weighted by molar-refractivity contribution is 6.32. The van der Waals surface area contributed by atoms with Crippen molar-refractivity contribution in [2.24, 2.45) is 5.73 Å². The van der Waals surface area contributed by atoms with E-state index in [-0.39, 0.29) is 6.04 Å². The SMILES string of the molecule is N[C@@H]1COc2c(Cl)cccc21. The van der Waals surface area contributed by atoms with Crippen LogP contribution < -0.4 is 10.5 Å². The molecule has 58 valence electrons. The third kappa shape index (κ3) is 0.988. The molecule has 0 radical (unpaired) electrons. The molecule has 2 nitrogen and oxygen atoms in total. The average Bonchev–Trinajstić information content (AvgIpc) is 2.35. The Morgan fingerprint density at radius 2 is 2.36 bits per heavy atom. The van der Waals surface area contributed by atoms with Gasteiger partial charge in [-0.25, -0.2) is 0 Å². The number of hydrogen-bond acceptors (Lipinski definition) is 2. The van der Waals surface area contributed by atoms with Crippen molar-refractivity contribution in [3.8, 4) is 5.75 Å². The Bertz CT molecular complexity index is 287. The largest absolute Gasteiger partial charge is 0.490 e. The Morgan fingerprint density at radius 3 is 3.09 bits per heavy atom. The van der Waals surface area contributed by atoms with Crippen molar-refractivity contribution in [3.05, 3.63) is 28.8 Å². The van der Waals surface area contributed by atoms with Crippen LogP contribution in [-0.2, 0) is 0 Å². The van der Waals surface area contributed by atoms with Gasteiger partial charge in [-0.05, 0) is 6.07 Å². The van der Waals surface area contributed by atoms with Crippen LogP contribution in [0.2, 0.25) is 5.02 Å². The Labute approximate surface area is 69.9 Å². The van der Waals surface area contributed by atoms with Crippen LogP contribution in [0.5, 0.6) is 5.75 Å². The molecule has 11 heavy (non-hydrogen) atoms. The predicted octanol–water partition coefficient (Wildman–Crippen LogP) is 1.73. The summed E-state index contributed by atoms with van der Waals surface area (Å²) in [4.78, 5) is 0. The lowest BCUT2D eigenvalue weighted by atomic mass is 10.1. The number of hydrogen-bond donors (Lipinski definition) is 1. The highest BCUT2D eigenvalue weighted by Gasteiger charge is 2.21. The standard InChI is InChI=1S/C8H8ClNO/c9-6-3-1-2-5-7(10)4-11-8(5)6/h1-3,7H,4,10H2/t7-/m1/s1. The molecule has 0 amide bonds. The van der Waals surface area contributed by atoms with Crippen molar-refractivity contribution in [2.45, 2.75) is 6.04 Å². The maximum Gasteiger partial charge on any atom is 0.142 e.